The van der Waals surface area contributed by atoms with Gasteiger partial charge in [0.05, 0.1) is 0 Å². The number of carbonyl (C=O) groups is 1. The molecule has 17 heavy (non-hydrogen) atoms. The summed E-state index contributed by atoms with van der Waals surface area (Å²) in [6.07, 6.45) is 3.34. The first-order valence-corrected chi connectivity index (χ1v) is 5.11. The van der Waals surface area contributed by atoms with Gasteiger partial charge in [-0.3, -0.25) is 4.98 Å². The smallest absolute Gasteiger partial charge is 0.339 e. The third-order valence-corrected chi connectivity index (χ3v) is 2.26. The van der Waals surface area contributed by atoms with Gasteiger partial charge in [-0.25, -0.2) is 4.79 Å². The molecule has 0 amide bonds. The average molecular weight is 229 g/mol. The van der Waals surface area contributed by atoms with Gasteiger partial charge in [0.15, 0.2) is 0 Å². The molecule has 0 bridgehead atoms. The van der Waals surface area contributed by atoms with E-state index in [1.165, 1.54) is 6.07 Å². The molecule has 0 unspecified atom stereocenters. The summed E-state index contributed by atoms with van der Waals surface area (Å²) >= 11 is 0. The number of nitrogens with zero attached hydrogens (tertiary/aromatic N) is 1. The first kappa shape index (κ1) is 11.1. The van der Waals surface area contributed by atoms with Crippen molar-refractivity contribution in [1.82, 2.24) is 4.98 Å². The van der Waals surface area contributed by atoms with Crippen molar-refractivity contribution in [3.63, 3.8) is 0 Å². The minimum atomic E-state index is -0.990. The fourth-order valence-electron chi connectivity index (χ4n) is 1.41. The van der Waals surface area contributed by atoms with E-state index in [9.17, 15) is 4.79 Å². The lowest BCUT2D eigenvalue weighted by molar-refractivity contribution is 0.0692. The summed E-state index contributed by atoms with van der Waals surface area (Å²) in [5.41, 5.74) is 1.11. The fraction of sp³-hybridized carbons (Fsp3) is 0.0769. The number of benzene rings is 1. The summed E-state index contributed by atoms with van der Waals surface area (Å²) in [6.45, 7) is 0.326. The van der Waals surface area contributed by atoms with E-state index in [0.717, 1.165) is 5.56 Å². The van der Waals surface area contributed by atoms with Crippen LogP contribution in [0.1, 0.15) is 15.9 Å². The molecule has 4 heteroatoms. The molecule has 0 spiro atoms. The molecule has 0 saturated heterocycles. The highest BCUT2D eigenvalue weighted by Crippen LogP contribution is 2.18. The number of aromatic carboxylic acids is 1. The Morgan fingerprint density at radius 2 is 1.88 bits per heavy atom. The molecular formula is C13H11NO3. The van der Waals surface area contributed by atoms with Crippen molar-refractivity contribution >= 4 is 5.97 Å². The molecule has 0 fully saturated rings. The molecule has 0 radical (unpaired) electrons. The van der Waals surface area contributed by atoms with Crippen LogP contribution in [0.4, 0.5) is 0 Å². The van der Waals surface area contributed by atoms with Gasteiger partial charge in [-0.2, -0.15) is 0 Å². The third kappa shape index (κ3) is 2.81. The first-order chi connectivity index (χ1) is 8.27. The summed E-state index contributed by atoms with van der Waals surface area (Å²) in [7, 11) is 0. The van der Waals surface area contributed by atoms with Crippen LogP contribution < -0.4 is 4.74 Å². The Kier molecular flexibility index (Phi) is 3.35. The molecule has 0 atom stereocenters. The summed E-state index contributed by atoms with van der Waals surface area (Å²) in [5.74, 6) is -0.618. The van der Waals surface area contributed by atoms with Crippen molar-refractivity contribution in [2.45, 2.75) is 6.61 Å². The van der Waals surface area contributed by atoms with Crippen LogP contribution >= 0.6 is 0 Å². The fourth-order valence-corrected chi connectivity index (χ4v) is 1.41. The Hall–Kier alpha value is -2.36. The minimum Gasteiger partial charge on any atom is -0.488 e. The molecule has 4 nitrogen and oxygen atoms in total. The van der Waals surface area contributed by atoms with Crippen LogP contribution in [0.15, 0.2) is 48.8 Å². The number of ether oxygens (including phenoxy) is 1. The second-order valence-electron chi connectivity index (χ2n) is 3.45. The van der Waals surface area contributed by atoms with E-state index >= 15 is 0 Å². The maximum Gasteiger partial charge on any atom is 0.339 e. The van der Waals surface area contributed by atoms with Gasteiger partial charge in [0.1, 0.15) is 17.9 Å². The highest BCUT2D eigenvalue weighted by Gasteiger charge is 2.09. The second-order valence-corrected chi connectivity index (χ2v) is 3.45. The van der Waals surface area contributed by atoms with Crippen molar-refractivity contribution < 1.29 is 14.6 Å². The zero-order valence-corrected chi connectivity index (χ0v) is 9.04. The van der Waals surface area contributed by atoms with Crippen molar-refractivity contribution in [1.29, 1.82) is 0 Å². The Bertz CT molecular complexity index is 511. The van der Waals surface area contributed by atoms with Crippen LogP contribution in [0.3, 0.4) is 0 Å². The highest BCUT2D eigenvalue weighted by molar-refractivity contribution is 5.90. The van der Waals surface area contributed by atoms with Gasteiger partial charge in [-0.1, -0.05) is 12.1 Å². The number of hydrogen-bond donors (Lipinski definition) is 1. The van der Waals surface area contributed by atoms with Crippen LogP contribution in [-0.2, 0) is 6.61 Å². The van der Waals surface area contributed by atoms with E-state index in [1.807, 2.05) is 12.1 Å². The highest BCUT2D eigenvalue weighted by atomic mass is 16.5. The van der Waals surface area contributed by atoms with Gasteiger partial charge in [0.25, 0.3) is 0 Å². The Balaban J connectivity index is 2.12. The van der Waals surface area contributed by atoms with Crippen LogP contribution in [-0.4, -0.2) is 16.1 Å². The van der Waals surface area contributed by atoms with Gasteiger partial charge >= 0.3 is 5.97 Å². The normalized spacial score (nSPS) is 9.88. The lowest BCUT2D eigenvalue weighted by Gasteiger charge is -2.08. The predicted octanol–water partition coefficient (Wildman–Crippen LogP) is 2.36. The molecule has 1 heterocycles. The Morgan fingerprint density at radius 1 is 1.18 bits per heavy atom. The zero-order chi connectivity index (χ0) is 12.1. The molecule has 0 aliphatic rings. The summed E-state index contributed by atoms with van der Waals surface area (Å²) in [6, 6.07) is 10.2. The van der Waals surface area contributed by atoms with Crippen molar-refractivity contribution in [2.75, 3.05) is 0 Å². The van der Waals surface area contributed by atoms with Gasteiger partial charge in [-0.15, -0.1) is 0 Å². The number of rotatable bonds is 4. The molecule has 0 aliphatic carbocycles. The van der Waals surface area contributed by atoms with E-state index in [2.05, 4.69) is 4.98 Å². The van der Waals surface area contributed by atoms with E-state index in [-0.39, 0.29) is 5.56 Å². The first-order valence-electron chi connectivity index (χ1n) is 5.11. The van der Waals surface area contributed by atoms with Crippen molar-refractivity contribution in [2.24, 2.45) is 0 Å². The largest absolute Gasteiger partial charge is 0.488 e. The Morgan fingerprint density at radius 3 is 2.59 bits per heavy atom. The molecule has 2 rings (SSSR count). The summed E-state index contributed by atoms with van der Waals surface area (Å²) < 4.78 is 5.48. The number of carboxylic acids is 1. The van der Waals surface area contributed by atoms with Crippen molar-refractivity contribution in [3.8, 4) is 5.75 Å². The lowest BCUT2D eigenvalue weighted by atomic mass is 10.2. The number of para-hydroxylation sites is 1. The minimum absolute atomic E-state index is 0.168. The van der Waals surface area contributed by atoms with E-state index in [0.29, 0.717) is 12.4 Å². The van der Waals surface area contributed by atoms with E-state index < -0.39 is 5.97 Å². The lowest BCUT2D eigenvalue weighted by Crippen LogP contribution is -2.03. The zero-order valence-electron chi connectivity index (χ0n) is 9.04. The number of carboxylic acid groups (broad SMARTS) is 1. The van der Waals surface area contributed by atoms with Gasteiger partial charge < -0.3 is 9.84 Å². The molecule has 86 valence electrons. The quantitative estimate of drug-likeness (QED) is 0.874. The summed E-state index contributed by atoms with van der Waals surface area (Å²) in [4.78, 5) is 14.8. The Labute approximate surface area is 98.5 Å². The summed E-state index contributed by atoms with van der Waals surface area (Å²) in [5, 5.41) is 8.97. The maximum absolute atomic E-state index is 10.9. The van der Waals surface area contributed by atoms with Gasteiger partial charge in [0, 0.05) is 12.4 Å². The molecule has 0 saturated carbocycles. The van der Waals surface area contributed by atoms with Crippen molar-refractivity contribution in [3.05, 3.63) is 59.9 Å². The van der Waals surface area contributed by atoms with Gasteiger partial charge in [-0.05, 0) is 29.8 Å². The molecule has 1 N–H and O–H groups in total. The van der Waals surface area contributed by atoms with Crippen LogP contribution in [0.2, 0.25) is 0 Å². The number of hydrogen-bond acceptors (Lipinski definition) is 3. The average Bonchev–Trinajstić information content (AvgIpc) is 2.38. The second kappa shape index (κ2) is 5.12. The number of aromatic nitrogens is 1. The predicted molar refractivity (Wildman–Crippen MR) is 62.0 cm³/mol. The number of pyridine rings is 1. The standard InChI is InChI=1S/C13H11NO3/c15-13(16)11-3-1-2-4-12(11)17-9-10-5-7-14-8-6-10/h1-8H,9H2,(H,15,16). The molecule has 1 aromatic carbocycles. The van der Waals surface area contributed by atoms with Gasteiger partial charge in [0.2, 0.25) is 0 Å². The topological polar surface area (TPSA) is 59.4 Å². The van der Waals surface area contributed by atoms with Crippen LogP contribution in [0.25, 0.3) is 0 Å². The SMILES string of the molecule is O=C(O)c1ccccc1OCc1ccncc1. The van der Waals surface area contributed by atoms with E-state index in [4.69, 9.17) is 9.84 Å². The molecule has 1 aromatic heterocycles. The third-order valence-electron chi connectivity index (χ3n) is 2.26. The molecule has 2 aromatic rings. The van der Waals surface area contributed by atoms with Crippen LogP contribution in [0, 0.1) is 0 Å². The molecular weight excluding hydrogens is 218 g/mol. The van der Waals surface area contributed by atoms with E-state index in [1.54, 1.807) is 30.6 Å². The van der Waals surface area contributed by atoms with Crippen LogP contribution in [0.5, 0.6) is 5.75 Å². The molecule has 0 aliphatic heterocycles. The monoisotopic (exact) mass is 229 g/mol. The maximum atomic E-state index is 10.9.